The summed E-state index contributed by atoms with van der Waals surface area (Å²) >= 11 is 0. The lowest BCUT2D eigenvalue weighted by Crippen LogP contribution is -1.99. The minimum Gasteiger partial charge on any atom is -0.325 e. The number of nitrogens with two attached hydrogens (primary N) is 1. The highest BCUT2D eigenvalue weighted by Gasteiger charge is 2.08. The van der Waals surface area contributed by atoms with Gasteiger partial charge in [-0.2, -0.15) is 0 Å². The molecule has 0 saturated carbocycles. The van der Waals surface area contributed by atoms with E-state index < -0.39 is 0 Å². The smallest absolute Gasteiger partial charge is 0.110 e. The van der Waals surface area contributed by atoms with E-state index in [1.807, 2.05) is 24.4 Å². The fourth-order valence-electron chi connectivity index (χ4n) is 1.58. The molecule has 2 rings (SSSR count). The topological polar surface area (TPSA) is 56.2 Å². The van der Waals surface area contributed by atoms with Crippen LogP contribution < -0.4 is 5.73 Å². The zero-order valence-electron chi connectivity index (χ0n) is 7.78. The Morgan fingerprint density at radius 1 is 1.46 bits per heavy atom. The Labute approximate surface area is 76.4 Å². The largest absolute Gasteiger partial charge is 0.325 e. The minimum absolute atomic E-state index is 0.462. The Morgan fingerprint density at radius 2 is 2.23 bits per heavy atom. The van der Waals surface area contributed by atoms with Crippen molar-refractivity contribution < 1.29 is 0 Å². The van der Waals surface area contributed by atoms with Crippen molar-refractivity contribution in [3.8, 4) is 0 Å². The van der Waals surface area contributed by atoms with Gasteiger partial charge in [-0.3, -0.25) is 4.98 Å². The van der Waals surface area contributed by atoms with Gasteiger partial charge in [0.2, 0.25) is 0 Å². The summed E-state index contributed by atoms with van der Waals surface area (Å²) < 4.78 is 2.02. The molecule has 0 atom stereocenters. The SMILES string of the molecule is Cc1nccn2c(C)nc(CN)c12. The van der Waals surface area contributed by atoms with Crippen LogP contribution in [0.15, 0.2) is 12.4 Å². The fourth-order valence-corrected chi connectivity index (χ4v) is 1.58. The van der Waals surface area contributed by atoms with Gasteiger partial charge >= 0.3 is 0 Å². The maximum absolute atomic E-state index is 5.59. The third kappa shape index (κ3) is 1.10. The first-order valence-corrected chi connectivity index (χ1v) is 4.23. The van der Waals surface area contributed by atoms with E-state index in [4.69, 9.17) is 5.73 Å². The van der Waals surface area contributed by atoms with Gasteiger partial charge in [0.1, 0.15) is 5.82 Å². The molecule has 0 spiro atoms. The van der Waals surface area contributed by atoms with E-state index in [9.17, 15) is 0 Å². The molecule has 0 aliphatic rings. The molecule has 0 bridgehead atoms. The molecule has 2 N–H and O–H groups in total. The average Bonchev–Trinajstić information content (AvgIpc) is 2.45. The molecule has 0 aliphatic heterocycles. The van der Waals surface area contributed by atoms with Gasteiger partial charge in [-0.05, 0) is 13.8 Å². The summed E-state index contributed by atoms with van der Waals surface area (Å²) in [5.41, 5.74) is 8.53. The molecule has 0 unspecified atom stereocenters. The van der Waals surface area contributed by atoms with Crippen LogP contribution in [0.5, 0.6) is 0 Å². The number of rotatable bonds is 1. The van der Waals surface area contributed by atoms with Crippen molar-refractivity contribution in [3.05, 3.63) is 29.6 Å². The molecular weight excluding hydrogens is 164 g/mol. The van der Waals surface area contributed by atoms with Crippen LogP contribution in [0.25, 0.3) is 5.52 Å². The van der Waals surface area contributed by atoms with Gasteiger partial charge in [-0.1, -0.05) is 0 Å². The molecular formula is C9H12N4. The van der Waals surface area contributed by atoms with Crippen molar-refractivity contribution >= 4 is 5.52 Å². The number of hydrogen-bond acceptors (Lipinski definition) is 3. The van der Waals surface area contributed by atoms with Crippen LogP contribution in [0.4, 0.5) is 0 Å². The van der Waals surface area contributed by atoms with E-state index in [1.165, 1.54) is 0 Å². The number of aryl methyl sites for hydroxylation is 2. The summed E-state index contributed by atoms with van der Waals surface area (Å²) in [5.74, 6) is 0.959. The van der Waals surface area contributed by atoms with E-state index in [-0.39, 0.29) is 0 Å². The standard InChI is InChI=1S/C9H12N4/c1-6-9-8(5-10)12-7(2)13(9)4-3-11-6/h3-4H,5,10H2,1-2H3. The monoisotopic (exact) mass is 176 g/mol. The molecule has 0 saturated heterocycles. The van der Waals surface area contributed by atoms with Gasteiger partial charge in [0.25, 0.3) is 0 Å². The van der Waals surface area contributed by atoms with Crippen molar-refractivity contribution in [1.82, 2.24) is 14.4 Å². The van der Waals surface area contributed by atoms with Crippen molar-refractivity contribution in [2.45, 2.75) is 20.4 Å². The predicted octanol–water partition coefficient (Wildman–Crippen LogP) is 0.805. The maximum atomic E-state index is 5.59. The predicted molar refractivity (Wildman–Crippen MR) is 50.4 cm³/mol. The second kappa shape index (κ2) is 2.81. The van der Waals surface area contributed by atoms with Gasteiger partial charge in [0.05, 0.1) is 16.9 Å². The van der Waals surface area contributed by atoms with Crippen molar-refractivity contribution in [3.63, 3.8) is 0 Å². The van der Waals surface area contributed by atoms with E-state index in [1.54, 1.807) is 6.20 Å². The highest BCUT2D eigenvalue weighted by atomic mass is 15.0. The van der Waals surface area contributed by atoms with E-state index in [0.29, 0.717) is 6.54 Å². The number of fused-ring (bicyclic) bond motifs is 1. The third-order valence-corrected chi connectivity index (χ3v) is 2.18. The first kappa shape index (κ1) is 8.19. The molecule has 0 aromatic carbocycles. The molecule has 0 aliphatic carbocycles. The summed E-state index contributed by atoms with van der Waals surface area (Å²) in [7, 11) is 0. The normalized spacial score (nSPS) is 11.0. The second-order valence-corrected chi connectivity index (χ2v) is 3.04. The Morgan fingerprint density at radius 3 is 2.92 bits per heavy atom. The van der Waals surface area contributed by atoms with E-state index in [0.717, 1.165) is 22.7 Å². The van der Waals surface area contributed by atoms with Gasteiger partial charge < -0.3 is 10.1 Å². The van der Waals surface area contributed by atoms with Crippen molar-refractivity contribution in [1.29, 1.82) is 0 Å². The lowest BCUT2D eigenvalue weighted by molar-refractivity contribution is 0.989. The van der Waals surface area contributed by atoms with Crippen LogP contribution in [0.2, 0.25) is 0 Å². The lowest BCUT2D eigenvalue weighted by atomic mass is 10.3. The van der Waals surface area contributed by atoms with Crippen molar-refractivity contribution in [2.75, 3.05) is 0 Å². The van der Waals surface area contributed by atoms with Crippen LogP contribution in [-0.4, -0.2) is 14.4 Å². The Kier molecular flexibility index (Phi) is 1.77. The molecule has 4 nitrogen and oxygen atoms in total. The molecule has 2 aromatic heterocycles. The molecule has 68 valence electrons. The number of aromatic nitrogens is 3. The molecule has 0 fully saturated rings. The van der Waals surface area contributed by atoms with E-state index >= 15 is 0 Å². The van der Waals surface area contributed by atoms with Crippen LogP contribution in [-0.2, 0) is 6.54 Å². The summed E-state index contributed by atoms with van der Waals surface area (Å²) in [5, 5.41) is 0. The Bertz CT molecular complexity index is 444. The molecule has 0 amide bonds. The first-order valence-electron chi connectivity index (χ1n) is 4.23. The summed E-state index contributed by atoms with van der Waals surface area (Å²) in [6.45, 7) is 4.39. The molecule has 2 aromatic rings. The van der Waals surface area contributed by atoms with E-state index in [2.05, 4.69) is 9.97 Å². The zero-order valence-corrected chi connectivity index (χ0v) is 7.78. The summed E-state index contributed by atoms with van der Waals surface area (Å²) in [6.07, 6.45) is 3.68. The number of nitrogens with zero attached hydrogens (tertiary/aromatic N) is 3. The molecule has 2 heterocycles. The van der Waals surface area contributed by atoms with Gasteiger partial charge in [-0.25, -0.2) is 4.98 Å². The zero-order chi connectivity index (χ0) is 9.42. The first-order chi connectivity index (χ1) is 6.24. The highest BCUT2D eigenvalue weighted by molar-refractivity contribution is 5.56. The quantitative estimate of drug-likeness (QED) is 0.699. The van der Waals surface area contributed by atoms with Crippen LogP contribution in [0.1, 0.15) is 17.2 Å². The highest BCUT2D eigenvalue weighted by Crippen LogP contribution is 2.14. The summed E-state index contributed by atoms with van der Waals surface area (Å²) in [6, 6.07) is 0. The van der Waals surface area contributed by atoms with Crippen LogP contribution in [0, 0.1) is 13.8 Å². The van der Waals surface area contributed by atoms with Crippen LogP contribution >= 0.6 is 0 Å². The third-order valence-electron chi connectivity index (χ3n) is 2.18. The van der Waals surface area contributed by atoms with Crippen molar-refractivity contribution in [2.24, 2.45) is 5.73 Å². The average molecular weight is 176 g/mol. The Hall–Kier alpha value is -1.42. The molecule has 4 heteroatoms. The second-order valence-electron chi connectivity index (χ2n) is 3.04. The van der Waals surface area contributed by atoms with Gasteiger partial charge in [0, 0.05) is 18.9 Å². The van der Waals surface area contributed by atoms with Gasteiger partial charge in [-0.15, -0.1) is 0 Å². The number of imidazole rings is 1. The Balaban J connectivity index is 2.89. The lowest BCUT2D eigenvalue weighted by Gasteiger charge is -1.98. The number of hydrogen-bond donors (Lipinski definition) is 1. The molecule has 13 heavy (non-hydrogen) atoms. The molecule has 0 radical (unpaired) electrons. The fraction of sp³-hybridized carbons (Fsp3) is 0.333. The maximum Gasteiger partial charge on any atom is 0.110 e. The minimum atomic E-state index is 0.462. The van der Waals surface area contributed by atoms with Crippen LogP contribution in [0.3, 0.4) is 0 Å². The summed E-state index contributed by atoms with van der Waals surface area (Å²) in [4.78, 5) is 8.58. The van der Waals surface area contributed by atoms with Gasteiger partial charge in [0.15, 0.2) is 0 Å².